The number of carbonyl (C=O) groups is 1. The number of hydrogen-bond donors (Lipinski definition) is 0. The molecule has 14 heavy (non-hydrogen) atoms. The van der Waals surface area contributed by atoms with Crippen molar-refractivity contribution in [2.45, 2.75) is 0 Å². The van der Waals surface area contributed by atoms with Crippen LogP contribution in [0.3, 0.4) is 0 Å². The first kappa shape index (κ1) is 10.6. The molecule has 0 aliphatic rings. The lowest BCUT2D eigenvalue weighted by atomic mass is 10.1. The van der Waals surface area contributed by atoms with Crippen LogP contribution in [0, 0.1) is 23.3 Å². The lowest BCUT2D eigenvalue weighted by Crippen LogP contribution is -2.09. The Hall–Kier alpha value is -1.46. The van der Waals surface area contributed by atoms with Crippen molar-refractivity contribution < 1.29 is 26.7 Å². The summed E-state index contributed by atoms with van der Waals surface area (Å²) in [6.45, 7) is -1.61. The van der Waals surface area contributed by atoms with Crippen LogP contribution in [0.25, 0.3) is 0 Å². The van der Waals surface area contributed by atoms with Crippen molar-refractivity contribution >= 4 is 5.78 Å². The third-order valence-corrected chi connectivity index (χ3v) is 1.52. The second-order valence-corrected chi connectivity index (χ2v) is 2.40. The molecule has 0 radical (unpaired) electrons. The molecule has 6 heteroatoms. The summed E-state index contributed by atoms with van der Waals surface area (Å²) in [4.78, 5) is 10.6. The van der Waals surface area contributed by atoms with E-state index in [9.17, 15) is 26.7 Å². The summed E-state index contributed by atoms with van der Waals surface area (Å²) < 4.78 is 61.8. The minimum absolute atomic E-state index is 0.121. The van der Waals surface area contributed by atoms with E-state index < -0.39 is 41.3 Å². The monoisotopic (exact) mass is 210 g/mol. The van der Waals surface area contributed by atoms with Crippen molar-refractivity contribution in [2.24, 2.45) is 0 Å². The summed E-state index contributed by atoms with van der Waals surface area (Å²) in [7, 11) is 0. The van der Waals surface area contributed by atoms with Crippen molar-refractivity contribution in [1.29, 1.82) is 0 Å². The van der Waals surface area contributed by atoms with Gasteiger partial charge < -0.3 is 0 Å². The van der Waals surface area contributed by atoms with E-state index in [4.69, 9.17) is 0 Å². The molecule has 0 heterocycles. The molecule has 0 saturated heterocycles. The smallest absolute Gasteiger partial charge is 0.198 e. The molecule has 0 amide bonds. The first-order chi connectivity index (χ1) is 6.49. The molecule has 1 aromatic rings. The van der Waals surface area contributed by atoms with Crippen molar-refractivity contribution in [3.05, 3.63) is 34.9 Å². The Labute approximate surface area is 75.2 Å². The van der Waals surface area contributed by atoms with Gasteiger partial charge in [0.15, 0.2) is 35.7 Å². The van der Waals surface area contributed by atoms with E-state index in [1.165, 1.54) is 0 Å². The molecule has 0 aliphatic heterocycles. The Kier molecular flexibility index (Phi) is 2.83. The molecule has 0 spiro atoms. The molecule has 0 bridgehead atoms. The van der Waals surface area contributed by atoms with Gasteiger partial charge in [0.2, 0.25) is 0 Å². The number of hydrogen-bond acceptors (Lipinski definition) is 1. The standard InChI is InChI=1S/C8H3F5O/c9-2-5(14)3-1-4(10)7(12)8(13)6(3)11/h1H,2H2. The number of ketones is 1. The van der Waals surface area contributed by atoms with E-state index in [2.05, 4.69) is 0 Å². The number of benzene rings is 1. The molecular formula is C8H3F5O. The van der Waals surface area contributed by atoms with Gasteiger partial charge in [-0.15, -0.1) is 0 Å². The molecule has 76 valence electrons. The maximum Gasteiger partial charge on any atom is 0.198 e. The topological polar surface area (TPSA) is 17.1 Å². The Morgan fingerprint density at radius 2 is 1.64 bits per heavy atom. The molecule has 1 aromatic carbocycles. The third kappa shape index (κ3) is 1.59. The zero-order valence-electron chi connectivity index (χ0n) is 6.58. The van der Waals surface area contributed by atoms with Gasteiger partial charge in [-0.3, -0.25) is 4.79 Å². The van der Waals surface area contributed by atoms with Gasteiger partial charge in [-0.1, -0.05) is 0 Å². The van der Waals surface area contributed by atoms with Crippen molar-refractivity contribution in [1.82, 2.24) is 0 Å². The van der Waals surface area contributed by atoms with Crippen LogP contribution in [0.5, 0.6) is 0 Å². The van der Waals surface area contributed by atoms with E-state index in [1.807, 2.05) is 0 Å². The van der Waals surface area contributed by atoms with Crippen LogP contribution >= 0.6 is 0 Å². The molecule has 0 aromatic heterocycles. The summed E-state index contributed by atoms with van der Waals surface area (Å²) in [5.41, 5.74) is -1.14. The number of rotatable bonds is 2. The van der Waals surface area contributed by atoms with Crippen LogP contribution in [-0.4, -0.2) is 12.5 Å². The van der Waals surface area contributed by atoms with Crippen LogP contribution in [0.2, 0.25) is 0 Å². The predicted octanol–water partition coefficient (Wildman–Crippen LogP) is 2.40. The number of carbonyl (C=O) groups excluding carboxylic acids is 1. The van der Waals surface area contributed by atoms with E-state index in [-0.39, 0.29) is 6.07 Å². The Morgan fingerprint density at radius 1 is 1.07 bits per heavy atom. The number of halogens is 5. The highest BCUT2D eigenvalue weighted by atomic mass is 19.2. The molecule has 1 nitrogen and oxygen atoms in total. The Balaban J connectivity index is 3.40. The van der Waals surface area contributed by atoms with Crippen molar-refractivity contribution in [3.63, 3.8) is 0 Å². The minimum atomic E-state index is -2.12. The highest BCUT2D eigenvalue weighted by molar-refractivity contribution is 5.97. The summed E-state index contributed by atoms with van der Waals surface area (Å²) in [6.07, 6.45) is 0. The lowest BCUT2D eigenvalue weighted by molar-refractivity contribution is 0.0952. The third-order valence-electron chi connectivity index (χ3n) is 1.52. The lowest BCUT2D eigenvalue weighted by Gasteiger charge is -2.02. The molecule has 0 aliphatic carbocycles. The van der Waals surface area contributed by atoms with Gasteiger partial charge in [-0.2, -0.15) is 0 Å². The van der Waals surface area contributed by atoms with Crippen LogP contribution in [0.4, 0.5) is 22.0 Å². The zero-order valence-corrected chi connectivity index (χ0v) is 6.58. The maximum absolute atomic E-state index is 12.7. The van der Waals surface area contributed by atoms with Crippen LogP contribution in [-0.2, 0) is 0 Å². The number of alkyl halides is 1. The quantitative estimate of drug-likeness (QED) is 0.317. The van der Waals surface area contributed by atoms with Crippen LogP contribution in [0.1, 0.15) is 10.4 Å². The summed E-state index contributed by atoms with van der Waals surface area (Å²) >= 11 is 0. The summed E-state index contributed by atoms with van der Waals surface area (Å²) in [5.74, 6) is -9.22. The fourth-order valence-electron chi connectivity index (χ4n) is 0.848. The summed E-state index contributed by atoms with van der Waals surface area (Å²) in [6, 6.07) is 0.121. The molecule has 1 rings (SSSR count). The largest absolute Gasteiger partial charge is 0.291 e. The second-order valence-electron chi connectivity index (χ2n) is 2.40. The van der Waals surface area contributed by atoms with Gasteiger partial charge in [-0.25, -0.2) is 22.0 Å². The van der Waals surface area contributed by atoms with Gasteiger partial charge in [0.05, 0.1) is 5.56 Å². The molecular weight excluding hydrogens is 207 g/mol. The van der Waals surface area contributed by atoms with E-state index in [1.54, 1.807) is 0 Å². The van der Waals surface area contributed by atoms with Crippen molar-refractivity contribution in [3.8, 4) is 0 Å². The van der Waals surface area contributed by atoms with E-state index >= 15 is 0 Å². The average molecular weight is 210 g/mol. The normalized spacial score (nSPS) is 10.4. The van der Waals surface area contributed by atoms with Gasteiger partial charge in [0.1, 0.15) is 0 Å². The van der Waals surface area contributed by atoms with Gasteiger partial charge in [0.25, 0.3) is 0 Å². The van der Waals surface area contributed by atoms with E-state index in [0.717, 1.165) is 0 Å². The highest BCUT2D eigenvalue weighted by Gasteiger charge is 2.22. The van der Waals surface area contributed by atoms with Gasteiger partial charge in [-0.05, 0) is 6.07 Å². The molecule has 0 N–H and O–H groups in total. The minimum Gasteiger partial charge on any atom is -0.291 e. The predicted molar refractivity (Wildman–Crippen MR) is 36.6 cm³/mol. The van der Waals surface area contributed by atoms with Gasteiger partial charge >= 0.3 is 0 Å². The van der Waals surface area contributed by atoms with Crippen LogP contribution < -0.4 is 0 Å². The fraction of sp³-hybridized carbons (Fsp3) is 0.125. The van der Waals surface area contributed by atoms with Crippen molar-refractivity contribution in [2.75, 3.05) is 6.67 Å². The molecule has 0 saturated carbocycles. The molecule has 0 atom stereocenters. The van der Waals surface area contributed by atoms with E-state index in [0.29, 0.717) is 0 Å². The first-order valence-electron chi connectivity index (χ1n) is 3.41. The molecule has 0 fully saturated rings. The average Bonchev–Trinajstić information content (AvgIpc) is 2.19. The maximum atomic E-state index is 12.7. The first-order valence-corrected chi connectivity index (χ1v) is 3.41. The SMILES string of the molecule is O=C(CF)c1cc(F)c(F)c(F)c1F. The zero-order chi connectivity index (χ0) is 10.9. The van der Waals surface area contributed by atoms with Crippen LogP contribution in [0.15, 0.2) is 6.07 Å². The second kappa shape index (κ2) is 3.73. The summed E-state index contributed by atoms with van der Waals surface area (Å²) in [5, 5.41) is 0. The molecule has 0 unspecified atom stereocenters. The number of Topliss-reactive ketones (excluding diaryl/α,β-unsaturated/α-hetero) is 1. The fourth-order valence-corrected chi connectivity index (χ4v) is 0.848. The van der Waals surface area contributed by atoms with Gasteiger partial charge in [0, 0.05) is 0 Å². The Morgan fingerprint density at radius 3 is 2.14 bits per heavy atom. The highest BCUT2D eigenvalue weighted by Crippen LogP contribution is 2.19. The Bertz CT molecular complexity index is 388.